The molecule has 1 heterocycles. The first-order valence-corrected chi connectivity index (χ1v) is 8.03. The fraction of sp³-hybridized carbons (Fsp3) is 0.733. The van der Waals surface area contributed by atoms with E-state index in [9.17, 15) is 5.26 Å². The standard InChI is InChI=1S/C15H25BrN4/c1-6-15(10-17,18-11(2)3)8-7-9-20-13(5)14(16)12(4)19-20/h11,18H,6-9H2,1-5H3. The summed E-state index contributed by atoms with van der Waals surface area (Å²) in [6.45, 7) is 11.1. The van der Waals surface area contributed by atoms with Gasteiger partial charge in [-0.3, -0.25) is 10.00 Å². The summed E-state index contributed by atoms with van der Waals surface area (Å²) >= 11 is 3.54. The first-order valence-electron chi connectivity index (χ1n) is 7.23. The van der Waals surface area contributed by atoms with Gasteiger partial charge in [0.2, 0.25) is 0 Å². The van der Waals surface area contributed by atoms with Gasteiger partial charge in [0.15, 0.2) is 0 Å². The average molecular weight is 341 g/mol. The molecule has 112 valence electrons. The van der Waals surface area contributed by atoms with Crippen molar-refractivity contribution in [3.8, 4) is 6.07 Å². The van der Waals surface area contributed by atoms with Crippen LogP contribution in [0.25, 0.3) is 0 Å². The van der Waals surface area contributed by atoms with Gasteiger partial charge in [0, 0.05) is 18.3 Å². The summed E-state index contributed by atoms with van der Waals surface area (Å²) in [5.41, 5.74) is 1.75. The summed E-state index contributed by atoms with van der Waals surface area (Å²) in [6, 6.07) is 2.78. The molecule has 1 aromatic heterocycles. The van der Waals surface area contributed by atoms with Gasteiger partial charge in [0.25, 0.3) is 0 Å². The van der Waals surface area contributed by atoms with Crippen molar-refractivity contribution in [2.75, 3.05) is 0 Å². The molecular formula is C15H25BrN4. The van der Waals surface area contributed by atoms with Gasteiger partial charge in [-0.1, -0.05) is 6.92 Å². The minimum absolute atomic E-state index is 0.317. The van der Waals surface area contributed by atoms with Crippen molar-refractivity contribution in [3.05, 3.63) is 15.9 Å². The zero-order valence-electron chi connectivity index (χ0n) is 13.1. The van der Waals surface area contributed by atoms with Gasteiger partial charge in [0.1, 0.15) is 5.54 Å². The summed E-state index contributed by atoms with van der Waals surface area (Å²) in [4.78, 5) is 0. The van der Waals surface area contributed by atoms with Crippen LogP contribution < -0.4 is 5.32 Å². The van der Waals surface area contributed by atoms with Crippen LogP contribution in [0.1, 0.15) is 51.4 Å². The number of aromatic nitrogens is 2. The molecule has 1 aromatic rings. The summed E-state index contributed by atoms with van der Waals surface area (Å²) < 4.78 is 3.10. The highest BCUT2D eigenvalue weighted by Gasteiger charge is 2.27. The average Bonchev–Trinajstić information content (AvgIpc) is 2.65. The Kier molecular flexibility index (Phi) is 6.22. The minimum atomic E-state index is -0.415. The van der Waals surface area contributed by atoms with Crippen molar-refractivity contribution in [1.29, 1.82) is 5.26 Å². The normalized spacial score (nSPS) is 14.3. The zero-order chi connectivity index (χ0) is 15.3. The summed E-state index contributed by atoms with van der Waals surface area (Å²) in [7, 11) is 0. The van der Waals surface area contributed by atoms with Crippen molar-refractivity contribution in [2.45, 2.75) is 72.0 Å². The fourth-order valence-corrected chi connectivity index (χ4v) is 2.78. The number of hydrogen-bond acceptors (Lipinski definition) is 3. The van der Waals surface area contributed by atoms with Crippen LogP contribution in [0.4, 0.5) is 0 Å². The molecule has 0 radical (unpaired) electrons. The van der Waals surface area contributed by atoms with E-state index in [0.717, 1.165) is 41.7 Å². The van der Waals surface area contributed by atoms with E-state index >= 15 is 0 Å². The smallest absolute Gasteiger partial charge is 0.106 e. The van der Waals surface area contributed by atoms with E-state index in [1.165, 1.54) is 0 Å². The summed E-state index contributed by atoms with van der Waals surface area (Å²) in [6.07, 6.45) is 2.60. The number of nitrogens with one attached hydrogen (secondary N) is 1. The second kappa shape index (κ2) is 7.24. The highest BCUT2D eigenvalue weighted by molar-refractivity contribution is 9.10. The predicted octanol–water partition coefficient (Wildman–Crippen LogP) is 3.71. The van der Waals surface area contributed by atoms with Gasteiger partial charge in [-0.05, 0) is 62.9 Å². The minimum Gasteiger partial charge on any atom is -0.297 e. The van der Waals surface area contributed by atoms with Crippen LogP contribution in [0.15, 0.2) is 4.47 Å². The Morgan fingerprint density at radius 1 is 1.45 bits per heavy atom. The van der Waals surface area contributed by atoms with E-state index in [0.29, 0.717) is 6.04 Å². The van der Waals surface area contributed by atoms with Crippen molar-refractivity contribution in [2.24, 2.45) is 0 Å². The van der Waals surface area contributed by atoms with E-state index < -0.39 is 5.54 Å². The number of hydrogen-bond donors (Lipinski definition) is 1. The lowest BCUT2D eigenvalue weighted by molar-refractivity contribution is 0.326. The van der Waals surface area contributed by atoms with E-state index in [2.05, 4.69) is 60.1 Å². The lowest BCUT2D eigenvalue weighted by Crippen LogP contribution is -2.47. The van der Waals surface area contributed by atoms with Crippen molar-refractivity contribution in [1.82, 2.24) is 15.1 Å². The molecule has 0 saturated carbocycles. The molecule has 0 spiro atoms. The Morgan fingerprint density at radius 2 is 2.10 bits per heavy atom. The van der Waals surface area contributed by atoms with Crippen LogP contribution >= 0.6 is 15.9 Å². The van der Waals surface area contributed by atoms with Gasteiger partial charge in [-0.2, -0.15) is 10.4 Å². The van der Waals surface area contributed by atoms with Crippen LogP contribution in [0, 0.1) is 25.2 Å². The SMILES string of the molecule is CCC(C#N)(CCCn1nc(C)c(Br)c1C)NC(C)C. The molecule has 0 aliphatic heterocycles. The molecule has 0 bridgehead atoms. The van der Waals surface area contributed by atoms with Crippen molar-refractivity contribution < 1.29 is 0 Å². The maximum absolute atomic E-state index is 9.48. The van der Waals surface area contributed by atoms with Gasteiger partial charge in [-0.15, -0.1) is 0 Å². The Morgan fingerprint density at radius 3 is 2.50 bits per heavy atom. The van der Waals surface area contributed by atoms with Crippen LogP contribution in [-0.4, -0.2) is 21.4 Å². The fourth-order valence-electron chi connectivity index (χ4n) is 2.49. The van der Waals surface area contributed by atoms with Crippen molar-refractivity contribution >= 4 is 15.9 Å². The van der Waals surface area contributed by atoms with E-state index in [1.807, 2.05) is 11.6 Å². The largest absolute Gasteiger partial charge is 0.297 e. The first-order chi connectivity index (χ1) is 9.35. The molecule has 0 saturated heterocycles. The predicted molar refractivity (Wildman–Crippen MR) is 85.5 cm³/mol. The molecular weight excluding hydrogens is 316 g/mol. The number of nitrogens with zero attached hydrogens (tertiary/aromatic N) is 3. The third-order valence-electron chi connectivity index (χ3n) is 3.65. The molecule has 0 aliphatic carbocycles. The molecule has 0 aromatic carbocycles. The van der Waals surface area contributed by atoms with Crippen LogP contribution in [0.5, 0.6) is 0 Å². The Balaban J connectivity index is 2.65. The number of rotatable bonds is 7. The maximum Gasteiger partial charge on any atom is 0.106 e. The molecule has 1 unspecified atom stereocenters. The monoisotopic (exact) mass is 340 g/mol. The summed E-state index contributed by atoms with van der Waals surface area (Å²) in [5.74, 6) is 0. The first kappa shape index (κ1) is 17.2. The quantitative estimate of drug-likeness (QED) is 0.822. The van der Waals surface area contributed by atoms with Crippen LogP contribution in [0.3, 0.4) is 0 Å². The van der Waals surface area contributed by atoms with Crippen LogP contribution in [-0.2, 0) is 6.54 Å². The molecule has 0 aliphatic rings. The molecule has 1 atom stereocenters. The topological polar surface area (TPSA) is 53.6 Å². The van der Waals surface area contributed by atoms with Gasteiger partial charge < -0.3 is 0 Å². The molecule has 1 rings (SSSR count). The zero-order valence-corrected chi connectivity index (χ0v) is 14.7. The number of halogens is 1. The highest BCUT2D eigenvalue weighted by atomic mass is 79.9. The number of aryl methyl sites for hydroxylation is 2. The number of nitriles is 1. The third kappa shape index (κ3) is 4.07. The van der Waals surface area contributed by atoms with Gasteiger partial charge in [0.05, 0.1) is 16.2 Å². The Hall–Kier alpha value is -0.860. The molecule has 20 heavy (non-hydrogen) atoms. The van der Waals surface area contributed by atoms with E-state index in [1.54, 1.807) is 0 Å². The molecule has 5 heteroatoms. The van der Waals surface area contributed by atoms with Gasteiger partial charge >= 0.3 is 0 Å². The molecule has 4 nitrogen and oxygen atoms in total. The van der Waals surface area contributed by atoms with E-state index in [4.69, 9.17) is 0 Å². The molecule has 0 fully saturated rings. The Bertz CT molecular complexity index is 487. The Labute approximate surface area is 130 Å². The van der Waals surface area contributed by atoms with Crippen LogP contribution in [0.2, 0.25) is 0 Å². The van der Waals surface area contributed by atoms with Crippen molar-refractivity contribution in [3.63, 3.8) is 0 Å². The lowest BCUT2D eigenvalue weighted by Gasteiger charge is -2.29. The lowest BCUT2D eigenvalue weighted by atomic mass is 9.91. The second-order valence-corrected chi connectivity index (χ2v) is 6.45. The summed E-state index contributed by atoms with van der Waals surface area (Å²) in [5, 5.41) is 17.4. The maximum atomic E-state index is 9.48. The third-order valence-corrected chi connectivity index (χ3v) is 4.80. The van der Waals surface area contributed by atoms with Gasteiger partial charge in [-0.25, -0.2) is 0 Å². The highest BCUT2D eigenvalue weighted by Crippen LogP contribution is 2.22. The molecule has 0 amide bonds. The molecule has 1 N–H and O–H groups in total. The van der Waals surface area contributed by atoms with E-state index in [-0.39, 0.29) is 0 Å². The second-order valence-electron chi connectivity index (χ2n) is 5.66.